The molecule has 2 heterocycles. The van der Waals surface area contributed by atoms with E-state index in [0.29, 0.717) is 17.7 Å². The molecule has 18 heavy (non-hydrogen) atoms. The number of hydrogen-bond donors (Lipinski definition) is 2. The highest BCUT2D eigenvalue weighted by Crippen LogP contribution is 2.34. The number of benzene rings is 1. The molecule has 0 spiro atoms. The maximum Gasteiger partial charge on any atom is 0.254 e. The third-order valence-electron chi connectivity index (χ3n) is 4.04. The van der Waals surface area contributed by atoms with Gasteiger partial charge in [0.25, 0.3) is 5.91 Å². The standard InChI is InChI=1S/C14H17NO3/c16-12-9-5-1-2-6-10(9)14(18)15-8-4-3-7-11(15)13(12)17/h1-2,5-6,11-13,16-17H,3-4,7-8H2. The van der Waals surface area contributed by atoms with E-state index in [4.69, 9.17) is 0 Å². The fraction of sp³-hybridized carbons (Fsp3) is 0.500. The van der Waals surface area contributed by atoms with E-state index in [-0.39, 0.29) is 11.9 Å². The van der Waals surface area contributed by atoms with Crippen LogP contribution in [0.25, 0.3) is 0 Å². The average Bonchev–Trinajstić information content (AvgIpc) is 2.51. The zero-order chi connectivity index (χ0) is 12.7. The van der Waals surface area contributed by atoms with Crippen LogP contribution in [0.5, 0.6) is 0 Å². The van der Waals surface area contributed by atoms with Crippen LogP contribution >= 0.6 is 0 Å². The van der Waals surface area contributed by atoms with Gasteiger partial charge in [-0.1, -0.05) is 18.2 Å². The molecule has 2 N–H and O–H groups in total. The predicted molar refractivity (Wildman–Crippen MR) is 66.1 cm³/mol. The molecule has 1 fully saturated rings. The zero-order valence-corrected chi connectivity index (χ0v) is 10.1. The topological polar surface area (TPSA) is 60.8 Å². The van der Waals surface area contributed by atoms with Crippen LogP contribution in [0.15, 0.2) is 24.3 Å². The molecule has 0 aliphatic carbocycles. The summed E-state index contributed by atoms with van der Waals surface area (Å²) >= 11 is 0. The molecule has 3 rings (SSSR count). The van der Waals surface area contributed by atoms with Gasteiger partial charge in [0.2, 0.25) is 0 Å². The van der Waals surface area contributed by atoms with E-state index in [9.17, 15) is 15.0 Å². The molecule has 0 bridgehead atoms. The molecule has 1 amide bonds. The van der Waals surface area contributed by atoms with Crippen LogP contribution in [-0.4, -0.2) is 39.7 Å². The zero-order valence-electron chi connectivity index (χ0n) is 10.1. The van der Waals surface area contributed by atoms with E-state index < -0.39 is 12.2 Å². The second-order valence-corrected chi connectivity index (χ2v) is 5.08. The first-order valence-corrected chi connectivity index (χ1v) is 6.46. The van der Waals surface area contributed by atoms with Gasteiger partial charge in [0.05, 0.1) is 6.04 Å². The molecule has 1 aromatic rings. The number of carbonyl (C=O) groups excluding carboxylic acids is 1. The Balaban J connectivity index is 2.10. The van der Waals surface area contributed by atoms with E-state index in [0.717, 1.165) is 19.3 Å². The Hall–Kier alpha value is -1.39. The molecule has 0 saturated carbocycles. The van der Waals surface area contributed by atoms with Crippen molar-refractivity contribution in [2.24, 2.45) is 0 Å². The lowest BCUT2D eigenvalue weighted by Gasteiger charge is -2.37. The molecule has 2 aliphatic rings. The summed E-state index contributed by atoms with van der Waals surface area (Å²) in [7, 11) is 0. The summed E-state index contributed by atoms with van der Waals surface area (Å²) in [6.07, 6.45) is 0.857. The van der Waals surface area contributed by atoms with Gasteiger partial charge in [0.15, 0.2) is 0 Å². The summed E-state index contributed by atoms with van der Waals surface area (Å²) in [5.74, 6) is -0.0640. The van der Waals surface area contributed by atoms with E-state index >= 15 is 0 Å². The van der Waals surface area contributed by atoms with Gasteiger partial charge in [-0.05, 0) is 30.9 Å². The van der Waals surface area contributed by atoms with Crippen molar-refractivity contribution < 1.29 is 15.0 Å². The number of hydrogen-bond acceptors (Lipinski definition) is 3. The lowest BCUT2D eigenvalue weighted by molar-refractivity contribution is -0.0386. The molecular formula is C14H17NO3. The van der Waals surface area contributed by atoms with Crippen molar-refractivity contribution in [3.8, 4) is 0 Å². The molecular weight excluding hydrogens is 230 g/mol. The second kappa shape index (κ2) is 4.37. The first-order valence-electron chi connectivity index (χ1n) is 6.46. The van der Waals surface area contributed by atoms with Crippen LogP contribution < -0.4 is 0 Å². The minimum atomic E-state index is -0.974. The lowest BCUT2D eigenvalue weighted by atomic mass is 9.93. The molecule has 1 aromatic carbocycles. The number of carbonyl (C=O) groups is 1. The smallest absolute Gasteiger partial charge is 0.254 e. The fourth-order valence-corrected chi connectivity index (χ4v) is 3.06. The Labute approximate surface area is 106 Å². The van der Waals surface area contributed by atoms with Crippen LogP contribution in [0.3, 0.4) is 0 Å². The first-order chi connectivity index (χ1) is 8.70. The molecule has 3 unspecified atom stereocenters. The Kier molecular flexibility index (Phi) is 2.84. The van der Waals surface area contributed by atoms with Gasteiger partial charge < -0.3 is 15.1 Å². The monoisotopic (exact) mass is 247 g/mol. The third-order valence-corrected chi connectivity index (χ3v) is 4.04. The Morgan fingerprint density at radius 3 is 2.78 bits per heavy atom. The summed E-state index contributed by atoms with van der Waals surface area (Å²) in [6.45, 7) is 0.668. The summed E-state index contributed by atoms with van der Waals surface area (Å²) in [4.78, 5) is 14.2. The minimum absolute atomic E-state index is 0.0640. The number of rotatable bonds is 0. The second-order valence-electron chi connectivity index (χ2n) is 5.08. The third kappa shape index (κ3) is 1.64. The molecule has 0 aromatic heterocycles. The van der Waals surface area contributed by atoms with Gasteiger partial charge in [-0.15, -0.1) is 0 Å². The summed E-state index contributed by atoms with van der Waals surface area (Å²) in [5.41, 5.74) is 1.07. The van der Waals surface area contributed by atoms with Crippen molar-refractivity contribution in [1.82, 2.24) is 4.90 Å². The van der Waals surface area contributed by atoms with Crippen LogP contribution in [0.1, 0.15) is 41.3 Å². The predicted octanol–water partition coefficient (Wildman–Crippen LogP) is 1.09. The van der Waals surface area contributed by atoms with Gasteiger partial charge in [-0.2, -0.15) is 0 Å². The SMILES string of the molecule is O=C1c2ccccc2C(O)C(O)C2CCCCN12. The van der Waals surface area contributed by atoms with Crippen molar-refractivity contribution in [2.45, 2.75) is 37.5 Å². The molecule has 2 aliphatic heterocycles. The minimum Gasteiger partial charge on any atom is -0.388 e. The van der Waals surface area contributed by atoms with Crippen LogP contribution in [0, 0.1) is 0 Å². The highest BCUT2D eigenvalue weighted by atomic mass is 16.3. The highest BCUT2D eigenvalue weighted by Gasteiger charge is 2.41. The Bertz CT molecular complexity index is 474. The number of fused-ring (bicyclic) bond motifs is 2. The average molecular weight is 247 g/mol. The molecule has 4 nitrogen and oxygen atoms in total. The Morgan fingerprint density at radius 1 is 1.17 bits per heavy atom. The van der Waals surface area contributed by atoms with Gasteiger partial charge in [-0.25, -0.2) is 0 Å². The maximum absolute atomic E-state index is 12.5. The van der Waals surface area contributed by atoms with Crippen LogP contribution in [0.2, 0.25) is 0 Å². The lowest BCUT2D eigenvalue weighted by Crippen LogP contribution is -2.49. The normalized spacial score (nSPS) is 31.6. The number of aliphatic hydroxyl groups excluding tert-OH is 2. The van der Waals surface area contributed by atoms with Crippen molar-refractivity contribution >= 4 is 5.91 Å². The van der Waals surface area contributed by atoms with Crippen LogP contribution in [-0.2, 0) is 0 Å². The highest BCUT2D eigenvalue weighted by molar-refractivity contribution is 5.96. The molecule has 1 saturated heterocycles. The van der Waals surface area contributed by atoms with Crippen LogP contribution in [0.4, 0.5) is 0 Å². The Morgan fingerprint density at radius 2 is 1.94 bits per heavy atom. The van der Waals surface area contributed by atoms with E-state index in [1.165, 1.54) is 0 Å². The van der Waals surface area contributed by atoms with E-state index in [2.05, 4.69) is 0 Å². The van der Waals surface area contributed by atoms with E-state index in [1.807, 2.05) is 0 Å². The number of piperidine rings is 1. The largest absolute Gasteiger partial charge is 0.388 e. The number of aliphatic hydroxyl groups is 2. The number of amides is 1. The molecule has 3 atom stereocenters. The summed E-state index contributed by atoms with van der Waals surface area (Å²) in [5, 5.41) is 20.5. The van der Waals surface area contributed by atoms with Gasteiger partial charge in [0, 0.05) is 12.1 Å². The summed E-state index contributed by atoms with van der Waals surface area (Å²) < 4.78 is 0. The first kappa shape index (κ1) is 11.7. The number of nitrogens with zero attached hydrogens (tertiary/aromatic N) is 1. The van der Waals surface area contributed by atoms with Crippen molar-refractivity contribution in [3.63, 3.8) is 0 Å². The molecule has 0 radical (unpaired) electrons. The molecule has 4 heteroatoms. The van der Waals surface area contributed by atoms with Gasteiger partial charge in [0.1, 0.15) is 12.2 Å². The fourth-order valence-electron chi connectivity index (χ4n) is 3.06. The van der Waals surface area contributed by atoms with Crippen molar-refractivity contribution in [3.05, 3.63) is 35.4 Å². The quantitative estimate of drug-likeness (QED) is 0.721. The van der Waals surface area contributed by atoms with Crippen molar-refractivity contribution in [2.75, 3.05) is 6.54 Å². The van der Waals surface area contributed by atoms with E-state index in [1.54, 1.807) is 29.2 Å². The maximum atomic E-state index is 12.5. The van der Waals surface area contributed by atoms with Crippen molar-refractivity contribution in [1.29, 1.82) is 0 Å². The molecule has 96 valence electrons. The van der Waals surface area contributed by atoms with Gasteiger partial charge >= 0.3 is 0 Å². The van der Waals surface area contributed by atoms with Gasteiger partial charge in [-0.3, -0.25) is 4.79 Å². The summed E-state index contributed by atoms with van der Waals surface area (Å²) in [6, 6.07) is 6.77.